The van der Waals surface area contributed by atoms with Crippen molar-refractivity contribution in [3.63, 3.8) is 0 Å². The van der Waals surface area contributed by atoms with E-state index in [1.54, 1.807) is 18.2 Å². The average molecular weight is 302 g/mol. The van der Waals surface area contributed by atoms with Gasteiger partial charge in [-0.05, 0) is 54.2 Å². The van der Waals surface area contributed by atoms with Crippen molar-refractivity contribution < 1.29 is 9.50 Å². The molecule has 1 nitrogen and oxygen atoms in total. The molecule has 0 heterocycles. The van der Waals surface area contributed by atoms with Gasteiger partial charge in [-0.25, -0.2) is 4.39 Å². The Kier molecular flexibility index (Phi) is 7.65. The lowest BCUT2D eigenvalue weighted by molar-refractivity contribution is 0.474. The van der Waals surface area contributed by atoms with Crippen molar-refractivity contribution in [1.29, 1.82) is 0 Å². The predicted molar refractivity (Wildman–Crippen MR) is 92.0 cm³/mol. The SMILES string of the molecule is CC.CC.Oc1ccc(C2CCCc3cccc(F)c32)cc1. The summed E-state index contributed by atoms with van der Waals surface area (Å²) in [6.45, 7) is 8.00. The monoisotopic (exact) mass is 302 g/mol. The summed E-state index contributed by atoms with van der Waals surface area (Å²) in [5, 5.41) is 9.33. The highest BCUT2D eigenvalue weighted by molar-refractivity contribution is 5.42. The summed E-state index contributed by atoms with van der Waals surface area (Å²) in [7, 11) is 0. The molecule has 22 heavy (non-hydrogen) atoms. The third kappa shape index (κ3) is 4.09. The molecule has 0 aromatic heterocycles. The number of halogens is 1. The van der Waals surface area contributed by atoms with Crippen LogP contribution in [0.4, 0.5) is 4.39 Å². The quantitative estimate of drug-likeness (QED) is 0.679. The van der Waals surface area contributed by atoms with Crippen molar-refractivity contribution in [3.8, 4) is 5.75 Å². The lowest BCUT2D eigenvalue weighted by Crippen LogP contribution is -2.13. The fraction of sp³-hybridized carbons (Fsp3) is 0.400. The Labute approximate surface area is 133 Å². The molecular weight excluding hydrogens is 275 g/mol. The second kappa shape index (κ2) is 9.24. The number of fused-ring (bicyclic) bond motifs is 1. The van der Waals surface area contributed by atoms with Gasteiger partial charge in [-0.15, -0.1) is 0 Å². The summed E-state index contributed by atoms with van der Waals surface area (Å²) < 4.78 is 14.0. The van der Waals surface area contributed by atoms with Crippen LogP contribution in [-0.2, 0) is 6.42 Å². The molecule has 1 N–H and O–H groups in total. The standard InChI is InChI=1S/C16H15FO.2C2H6/c17-15-6-2-4-12-3-1-5-14(16(12)15)11-7-9-13(18)10-8-11;2*1-2/h2,4,6-10,14,18H,1,3,5H2;2*1-2H3. The van der Waals surface area contributed by atoms with E-state index in [0.29, 0.717) is 0 Å². The van der Waals surface area contributed by atoms with Crippen LogP contribution in [0.1, 0.15) is 63.1 Å². The molecule has 2 heteroatoms. The summed E-state index contributed by atoms with van der Waals surface area (Å²) in [4.78, 5) is 0. The van der Waals surface area contributed by atoms with Gasteiger partial charge in [0.15, 0.2) is 0 Å². The molecule has 0 fully saturated rings. The van der Waals surface area contributed by atoms with Crippen LogP contribution < -0.4 is 0 Å². The first kappa shape index (κ1) is 18.2. The van der Waals surface area contributed by atoms with E-state index in [9.17, 15) is 9.50 Å². The Bertz CT molecular complexity index is 560. The van der Waals surface area contributed by atoms with Crippen LogP contribution >= 0.6 is 0 Å². The lowest BCUT2D eigenvalue weighted by atomic mass is 9.78. The second-order valence-corrected chi connectivity index (χ2v) is 4.85. The Morgan fingerprint density at radius 2 is 1.59 bits per heavy atom. The minimum absolute atomic E-state index is 0.106. The summed E-state index contributed by atoms with van der Waals surface area (Å²) in [6, 6.07) is 12.5. The van der Waals surface area contributed by atoms with Crippen molar-refractivity contribution in [2.45, 2.75) is 52.9 Å². The summed E-state index contributed by atoms with van der Waals surface area (Å²) in [5.74, 6) is 0.268. The molecule has 0 saturated carbocycles. The second-order valence-electron chi connectivity index (χ2n) is 4.85. The molecule has 1 atom stereocenters. The van der Waals surface area contributed by atoms with Gasteiger partial charge in [0.2, 0.25) is 0 Å². The lowest BCUT2D eigenvalue weighted by Gasteiger charge is -2.26. The highest BCUT2D eigenvalue weighted by Gasteiger charge is 2.24. The molecule has 2 aromatic carbocycles. The van der Waals surface area contributed by atoms with Crippen LogP contribution in [0.15, 0.2) is 42.5 Å². The topological polar surface area (TPSA) is 20.2 Å². The van der Waals surface area contributed by atoms with Crippen molar-refractivity contribution >= 4 is 0 Å². The van der Waals surface area contributed by atoms with E-state index in [4.69, 9.17) is 0 Å². The molecule has 0 amide bonds. The Balaban J connectivity index is 0.000000561. The molecule has 1 unspecified atom stereocenters. The van der Waals surface area contributed by atoms with Gasteiger partial charge in [0, 0.05) is 5.92 Å². The normalized spacial score (nSPS) is 15.6. The molecule has 120 valence electrons. The third-order valence-corrected chi connectivity index (χ3v) is 3.73. The zero-order valence-electron chi connectivity index (χ0n) is 14.1. The maximum absolute atomic E-state index is 14.0. The number of hydrogen-bond donors (Lipinski definition) is 1. The van der Waals surface area contributed by atoms with E-state index in [1.165, 1.54) is 6.07 Å². The number of benzene rings is 2. The highest BCUT2D eigenvalue weighted by atomic mass is 19.1. The maximum atomic E-state index is 14.0. The molecular formula is C20H27FO. The van der Waals surface area contributed by atoms with Gasteiger partial charge in [-0.3, -0.25) is 0 Å². The van der Waals surface area contributed by atoms with Gasteiger partial charge in [0.25, 0.3) is 0 Å². The van der Waals surface area contributed by atoms with Crippen molar-refractivity contribution in [1.82, 2.24) is 0 Å². The van der Waals surface area contributed by atoms with Crippen molar-refractivity contribution in [2.75, 3.05) is 0 Å². The number of phenols is 1. The highest BCUT2D eigenvalue weighted by Crippen LogP contribution is 2.38. The van der Waals surface area contributed by atoms with Gasteiger partial charge in [-0.1, -0.05) is 52.0 Å². The van der Waals surface area contributed by atoms with Gasteiger partial charge in [0.05, 0.1) is 0 Å². The smallest absolute Gasteiger partial charge is 0.127 e. The van der Waals surface area contributed by atoms with Gasteiger partial charge in [0.1, 0.15) is 11.6 Å². The van der Waals surface area contributed by atoms with Crippen LogP contribution in [0.3, 0.4) is 0 Å². The Hall–Kier alpha value is -1.83. The fourth-order valence-electron chi connectivity index (χ4n) is 2.87. The van der Waals surface area contributed by atoms with Gasteiger partial charge < -0.3 is 5.11 Å². The molecule has 0 saturated heterocycles. The van der Waals surface area contributed by atoms with Crippen LogP contribution in [0, 0.1) is 5.82 Å². The molecule has 0 aliphatic heterocycles. The van der Waals surface area contributed by atoms with Gasteiger partial charge in [-0.2, -0.15) is 0 Å². The molecule has 3 rings (SSSR count). The summed E-state index contributed by atoms with van der Waals surface area (Å²) >= 11 is 0. The first-order valence-corrected chi connectivity index (χ1v) is 8.32. The maximum Gasteiger partial charge on any atom is 0.127 e. The number of phenolic OH excluding ortho intramolecular Hbond substituents is 1. The van der Waals surface area contributed by atoms with Crippen molar-refractivity contribution in [3.05, 3.63) is 65.0 Å². The average Bonchev–Trinajstić information content (AvgIpc) is 2.59. The number of aryl methyl sites for hydroxylation is 1. The third-order valence-electron chi connectivity index (χ3n) is 3.73. The molecule has 0 bridgehead atoms. The van der Waals surface area contributed by atoms with Crippen LogP contribution in [-0.4, -0.2) is 5.11 Å². The minimum Gasteiger partial charge on any atom is -0.508 e. The van der Waals surface area contributed by atoms with Crippen LogP contribution in [0.5, 0.6) is 5.75 Å². The number of rotatable bonds is 1. The van der Waals surface area contributed by atoms with E-state index in [-0.39, 0.29) is 17.5 Å². The van der Waals surface area contributed by atoms with Crippen LogP contribution in [0.2, 0.25) is 0 Å². The molecule has 2 aromatic rings. The largest absolute Gasteiger partial charge is 0.508 e. The van der Waals surface area contributed by atoms with E-state index < -0.39 is 0 Å². The van der Waals surface area contributed by atoms with E-state index in [2.05, 4.69) is 0 Å². The minimum atomic E-state index is -0.106. The molecule has 1 aliphatic rings. The number of aromatic hydroxyl groups is 1. The zero-order valence-corrected chi connectivity index (χ0v) is 14.1. The molecule has 0 radical (unpaired) electrons. The zero-order chi connectivity index (χ0) is 16.5. The first-order chi connectivity index (χ1) is 10.8. The fourth-order valence-corrected chi connectivity index (χ4v) is 2.87. The molecule has 1 aliphatic carbocycles. The first-order valence-electron chi connectivity index (χ1n) is 8.32. The Morgan fingerprint density at radius 3 is 2.23 bits per heavy atom. The summed E-state index contributed by atoms with van der Waals surface area (Å²) in [6.07, 6.45) is 3.02. The predicted octanol–water partition coefficient (Wildman–Crippen LogP) is 6.05. The van der Waals surface area contributed by atoms with Gasteiger partial charge >= 0.3 is 0 Å². The number of hydrogen-bond acceptors (Lipinski definition) is 1. The summed E-state index contributed by atoms with van der Waals surface area (Å²) in [5.41, 5.74) is 3.05. The van der Waals surface area contributed by atoms with E-state index in [1.807, 2.05) is 45.9 Å². The van der Waals surface area contributed by atoms with E-state index in [0.717, 1.165) is 36.0 Å². The van der Waals surface area contributed by atoms with E-state index >= 15 is 0 Å². The van der Waals surface area contributed by atoms with Crippen molar-refractivity contribution in [2.24, 2.45) is 0 Å². The van der Waals surface area contributed by atoms with Crippen LogP contribution in [0.25, 0.3) is 0 Å². The molecule has 0 spiro atoms. The Morgan fingerprint density at radius 1 is 0.955 bits per heavy atom.